The lowest BCUT2D eigenvalue weighted by Gasteiger charge is -2.32. The number of carbonyl (C=O) groups is 1. The lowest BCUT2D eigenvalue weighted by atomic mass is 10.1. The molecule has 1 aliphatic heterocycles. The molecule has 0 aliphatic carbocycles. The summed E-state index contributed by atoms with van der Waals surface area (Å²) in [6.07, 6.45) is 4.81. The molecular formula is C21H26ClN3O2. The quantitative estimate of drug-likeness (QED) is 0.756. The van der Waals surface area contributed by atoms with E-state index in [0.29, 0.717) is 19.7 Å². The molecule has 0 bridgehead atoms. The first-order valence-corrected chi connectivity index (χ1v) is 9.82. The second-order valence-corrected chi connectivity index (χ2v) is 7.29. The minimum absolute atomic E-state index is 0.0642. The Bertz CT molecular complexity index is 709. The van der Waals surface area contributed by atoms with E-state index in [4.69, 9.17) is 16.3 Å². The van der Waals surface area contributed by atoms with Crippen LogP contribution < -0.4 is 5.32 Å². The number of carbonyl (C=O) groups excluding carboxylic acids is 1. The van der Waals surface area contributed by atoms with Gasteiger partial charge in [0.15, 0.2) is 0 Å². The predicted molar refractivity (Wildman–Crippen MR) is 107 cm³/mol. The molecular weight excluding hydrogens is 362 g/mol. The highest BCUT2D eigenvalue weighted by molar-refractivity contribution is 6.30. The minimum Gasteiger partial charge on any atom is -0.371 e. The highest BCUT2D eigenvalue weighted by Crippen LogP contribution is 2.14. The molecule has 0 saturated carbocycles. The summed E-state index contributed by atoms with van der Waals surface area (Å²) in [7, 11) is 0. The number of piperidine rings is 1. The number of hydrogen-bond acceptors (Lipinski definition) is 4. The van der Waals surface area contributed by atoms with Gasteiger partial charge in [-0.05, 0) is 55.6 Å². The summed E-state index contributed by atoms with van der Waals surface area (Å²) in [5, 5.41) is 3.73. The molecule has 5 nitrogen and oxygen atoms in total. The van der Waals surface area contributed by atoms with E-state index in [9.17, 15) is 4.79 Å². The summed E-state index contributed by atoms with van der Waals surface area (Å²) in [6, 6.07) is 13.6. The van der Waals surface area contributed by atoms with E-state index in [2.05, 4.69) is 15.2 Å². The number of likely N-dealkylation sites (tertiary alicyclic amines) is 1. The van der Waals surface area contributed by atoms with Crippen LogP contribution >= 0.6 is 11.6 Å². The van der Waals surface area contributed by atoms with Gasteiger partial charge in [0.05, 0.1) is 24.9 Å². The molecule has 0 spiro atoms. The second kappa shape index (κ2) is 10.4. The van der Waals surface area contributed by atoms with E-state index in [1.54, 1.807) is 6.20 Å². The molecule has 27 heavy (non-hydrogen) atoms. The van der Waals surface area contributed by atoms with Crippen molar-refractivity contribution in [3.63, 3.8) is 0 Å². The largest absolute Gasteiger partial charge is 0.371 e. The van der Waals surface area contributed by atoms with Crippen molar-refractivity contribution in [2.24, 2.45) is 0 Å². The topological polar surface area (TPSA) is 54.5 Å². The molecule has 6 heteroatoms. The molecule has 1 amide bonds. The number of pyridine rings is 1. The summed E-state index contributed by atoms with van der Waals surface area (Å²) >= 11 is 5.88. The Morgan fingerprint density at radius 2 is 2.11 bits per heavy atom. The average molecular weight is 388 g/mol. The Labute approximate surface area is 165 Å². The third kappa shape index (κ3) is 6.94. The molecule has 1 N–H and O–H groups in total. The number of nitrogens with zero attached hydrogens (tertiary/aromatic N) is 2. The SMILES string of the molecule is O=C(CN1CCCC(OCc2ccccn2)C1)NCCc1ccc(Cl)cc1. The summed E-state index contributed by atoms with van der Waals surface area (Å²) in [5.74, 6) is 0.0642. The number of amides is 1. The number of benzene rings is 1. The van der Waals surface area contributed by atoms with Gasteiger partial charge in [-0.25, -0.2) is 0 Å². The van der Waals surface area contributed by atoms with Crippen LogP contribution in [-0.2, 0) is 22.6 Å². The fraction of sp³-hybridized carbons (Fsp3) is 0.429. The van der Waals surface area contributed by atoms with Crippen LogP contribution in [0.2, 0.25) is 5.02 Å². The first-order valence-electron chi connectivity index (χ1n) is 9.44. The zero-order valence-corrected chi connectivity index (χ0v) is 16.2. The molecule has 2 heterocycles. The fourth-order valence-corrected chi connectivity index (χ4v) is 3.36. The molecule has 1 fully saturated rings. The molecule has 3 rings (SSSR count). The number of rotatable bonds is 8. The Balaban J connectivity index is 1.35. The van der Waals surface area contributed by atoms with Crippen molar-refractivity contribution in [3.05, 3.63) is 64.9 Å². The van der Waals surface area contributed by atoms with Crippen molar-refractivity contribution < 1.29 is 9.53 Å². The predicted octanol–water partition coefficient (Wildman–Crippen LogP) is 3.07. The van der Waals surface area contributed by atoms with Crippen LogP contribution in [0, 0.1) is 0 Å². The van der Waals surface area contributed by atoms with Gasteiger partial charge in [-0.15, -0.1) is 0 Å². The van der Waals surface area contributed by atoms with E-state index in [-0.39, 0.29) is 12.0 Å². The van der Waals surface area contributed by atoms with Crippen LogP contribution in [-0.4, -0.2) is 48.1 Å². The maximum Gasteiger partial charge on any atom is 0.234 e. The molecule has 1 unspecified atom stereocenters. The van der Waals surface area contributed by atoms with Crippen LogP contribution in [0.5, 0.6) is 0 Å². The van der Waals surface area contributed by atoms with Gasteiger partial charge in [-0.1, -0.05) is 29.8 Å². The summed E-state index contributed by atoms with van der Waals surface area (Å²) in [6.45, 7) is 3.30. The first kappa shape index (κ1) is 19.8. The number of hydrogen-bond donors (Lipinski definition) is 1. The summed E-state index contributed by atoms with van der Waals surface area (Å²) in [5.41, 5.74) is 2.11. The van der Waals surface area contributed by atoms with Gasteiger partial charge in [0.1, 0.15) is 0 Å². The minimum atomic E-state index is 0.0642. The van der Waals surface area contributed by atoms with E-state index < -0.39 is 0 Å². The lowest BCUT2D eigenvalue weighted by molar-refractivity contribution is -0.123. The van der Waals surface area contributed by atoms with Gasteiger partial charge in [-0.2, -0.15) is 0 Å². The number of nitrogens with one attached hydrogen (secondary N) is 1. The monoisotopic (exact) mass is 387 g/mol. The number of ether oxygens (including phenoxy) is 1. The second-order valence-electron chi connectivity index (χ2n) is 6.86. The third-order valence-electron chi connectivity index (χ3n) is 4.67. The third-order valence-corrected chi connectivity index (χ3v) is 4.92. The van der Waals surface area contributed by atoms with E-state index in [0.717, 1.165) is 43.1 Å². The van der Waals surface area contributed by atoms with Crippen molar-refractivity contribution in [3.8, 4) is 0 Å². The highest BCUT2D eigenvalue weighted by Gasteiger charge is 2.22. The van der Waals surface area contributed by atoms with Gasteiger partial charge >= 0.3 is 0 Å². The Morgan fingerprint density at radius 3 is 2.89 bits per heavy atom. The van der Waals surface area contributed by atoms with E-state index >= 15 is 0 Å². The average Bonchev–Trinajstić information content (AvgIpc) is 2.69. The normalized spacial score (nSPS) is 17.6. The van der Waals surface area contributed by atoms with Gasteiger partial charge in [0, 0.05) is 24.3 Å². The van der Waals surface area contributed by atoms with E-state index in [1.165, 1.54) is 5.56 Å². The molecule has 0 radical (unpaired) electrons. The van der Waals surface area contributed by atoms with Crippen LogP contribution in [0.3, 0.4) is 0 Å². The van der Waals surface area contributed by atoms with Crippen molar-refractivity contribution in [1.29, 1.82) is 0 Å². The van der Waals surface area contributed by atoms with Crippen molar-refractivity contribution >= 4 is 17.5 Å². The molecule has 1 aromatic heterocycles. The number of halogens is 1. The molecule has 1 atom stereocenters. The lowest BCUT2D eigenvalue weighted by Crippen LogP contribution is -2.45. The van der Waals surface area contributed by atoms with Crippen molar-refractivity contribution in [2.45, 2.75) is 32.0 Å². The summed E-state index contributed by atoms with van der Waals surface area (Å²) < 4.78 is 5.98. The fourth-order valence-electron chi connectivity index (χ4n) is 3.24. The van der Waals surface area contributed by atoms with Crippen molar-refractivity contribution in [1.82, 2.24) is 15.2 Å². The maximum atomic E-state index is 12.2. The van der Waals surface area contributed by atoms with Gasteiger partial charge in [0.25, 0.3) is 0 Å². The van der Waals surface area contributed by atoms with Crippen LogP contribution in [0.25, 0.3) is 0 Å². The Kier molecular flexibility index (Phi) is 7.63. The van der Waals surface area contributed by atoms with Gasteiger partial charge in [0.2, 0.25) is 5.91 Å². The number of aromatic nitrogens is 1. The molecule has 1 aliphatic rings. The van der Waals surface area contributed by atoms with Crippen LogP contribution in [0.15, 0.2) is 48.7 Å². The molecule has 1 saturated heterocycles. The highest BCUT2D eigenvalue weighted by atomic mass is 35.5. The van der Waals surface area contributed by atoms with Crippen molar-refractivity contribution in [2.75, 3.05) is 26.2 Å². The Hall–Kier alpha value is -1.95. The van der Waals surface area contributed by atoms with Gasteiger partial charge in [-0.3, -0.25) is 14.7 Å². The Morgan fingerprint density at radius 1 is 1.26 bits per heavy atom. The zero-order valence-electron chi connectivity index (χ0n) is 15.4. The van der Waals surface area contributed by atoms with Crippen LogP contribution in [0.1, 0.15) is 24.1 Å². The maximum absolute atomic E-state index is 12.2. The zero-order chi connectivity index (χ0) is 18.9. The molecule has 2 aromatic rings. The van der Waals surface area contributed by atoms with Crippen LogP contribution in [0.4, 0.5) is 0 Å². The smallest absolute Gasteiger partial charge is 0.234 e. The van der Waals surface area contributed by atoms with Gasteiger partial charge < -0.3 is 10.1 Å². The standard InChI is InChI=1S/C21H26ClN3O2/c22-18-8-6-17(7-9-18)10-12-24-21(26)15-25-13-3-5-20(14-25)27-16-19-4-1-2-11-23-19/h1-2,4,6-9,11,20H,3,5,10,12-16H2,(H,24,26). The summed E-state index contributed by atoms with van der Waals surface area (Å²) in [4.78, 5) is 18.7. The first-order chi connectivity index (χ1) is 13.2. The molecule has 144 valence electrons. The van der Waals surface area contributed by atoms with E-state index in [1.807, 2.05) is 42.5 Å². The molecule has 1 aromatic carbocycles.